The predicted octanol–water partition coefficient (Wildman–Crippen LogP) is 3.12. The van der Waals surface area contributed by atoms with Crippen molar-refractivity contribution >= 4 is 29.0 Å². The molecule has 1 aromatic carbocycles. The van der Waals surface area contributed by atoms with Gasteiger partial charge in [-0.05, 0) is 36.4 Å². The molecule has 0 bridgehead atoms. The summed E-state index contributed by atoms with van der Waals surface area (Å²) in [5.74, 6) is 1.34. The van der Waals surface area contributed by atoms with Crippen LogP contribution >= 0.6 is 11.8 Å². The maximum absolute atomic E-state index is 12.2. The largest absolute Gasteiger partial charge is 0.497 e. The molecule has 1 amide bonds. The van der Waals surface area contributed by atoms with E-state index in [1.54, 1.807) is 42.2 Å². The van der Waals surface area contributed by atoms with E-state index in [4.69, 9.17) is 9.15 Å². The van der Waals surface area contributed by atoms with Crippen LogP contribution in [0.1, 0.15) is 0 Å². The highest BCUT2D eigenvalue weighted by atomic mass is 32.2. The highest BCUT2D eigenvalue weighted by molar-refractivity contribution is 7.99. The lowest BCUT2D eigenvalue weighted by Crippen LogP contribution is -2.14. The average molecular weight is 381 g/mol. The summed E-state index contributed by atoms with van der Waals surface area (Å²) in [7, 11) is 1.58. The summed E-state index contributed by atoms with van der Waals surface area (Å²) in [6, 6.07) is 14.4. The maximum atomic E-state index is 12.2. The van der Waals surface area contributed by atoms with Gasteiger partial charge in [-0.25, -0.2) is 0 Å². The van der Waals surface area contributed by atoms with Gasteiger partial charge in [0.15, 0.2) is 11.4 Å². The topological polar surface area (TPSA) is 94.5 Å². The second-order valence-corrected chi connectivity index (χ2v) is 6.46. The Morgan fingerprint density at radius 2 is 2.15 bits per heavy atom. The molecule has 0 aliphatic heterocycles. The lowest BCUT2D eigenvalue weighted by atomic mass is 10.3. The molecule has 4 aromatic rings. The van der Waals surface area contributed by atoms with Gasteiger partial charge in [-0.2, -0.15) is 9.61 Å². The van der Waals surface area contributed by atoms with Crippen molar-refractivity contribution in [3.63, 3.8) is 0 Å². The molecule has 0 unspecified atom stereocenters. The smallest absolute Gasteiger partial charge is 0.234 e. The van der Waals surface area contributed by atoms with Crippen LogP contribution in [0.25, 0.3) is 17.1 Å². The Bertz CT molecular complexity index is 1080. The standard InChI is InChI=1S/C18H15N5O3S/c1-25-13-5-2-4-12(10-13)19-17(24)11-27-18-21-20-16-8-7-14(22-23(16)18)15-6-3-9-26-15/h2-10H,11H2,1H3,(H,19,24). The van der Waals surface area contributed by atoms with Crippen molar-refractivity contribution in [3.05, 3.63) is 54.8 Å². The van der Waals surface area contributed by atoms with Crippen molar-refractivity contribution in [2.45, 2.75) is 5.16 Å². The van der Waals surface area contributed by atoms with Gasteiger partial charge in [-0.15, -0.1) is 10.2 Å². The molecule has 0 radical (unpaired) electrons. The van der Waals surface area contributed by atoms with Crippen LogP contribution in [0, 0.1) is 0 Å². The molecule has 0 atom stereocenters. The number of nitrogens with zero attached hydrogens (tertiary/aromatic N) is 4. The van der Waals surface area contributed by atoms with E-state index in [1.165, 1.54) is 11.8 Å². The van der Waals surface area contributed by atoms with Gasteiger partial charge in [-0.1, -0.05) is 17.8 Å². The number of carbonyl (C=O) groups excluding carboxylic acids is 1. The summed E-state index contributed by atoms with van der Waals surface area (Å²) in [6.07, 6.45) is 1.59. The number of hydrogen-bond acceptors (Lipinski definition) is 7. The first-order chi connectivity index (χ1) is 13.2. The van der Waals surface area contributed by atoms with E-state index < -0.39 is 0 Å². The Labute approximate surface area is 158 Å². The number of thioether (sulfide) groups is 1. The predicted molar refractivity (Wildman–Crippen MR) is 101 cm³/mol. The van der Waals surface area contributed by atoms with Gasteiger partial charge < -0.3 is 14.5 Å². The number of carbonyl (C=O) groups is 1. The van der Waals surface area contributed by atoms with Crippen LogP contribution in [0.2, 0.25) is 0 Å². The quantitative estimate of drug-likeness (QED) is 0.513. The van der Waals surface area contributed by atoms with Crippen molar-refractivity contribution < 1.29 is 13.9 Å². The molecular formula is C18H15N5O3S. The van der Waals surface area contributed by atoms with E-state index in [0.29, 0.717) is 33.7 Å². The summed E-state index contributed by atoms with van der Waals surface area (Å²) in [6.45, 7) is 0. The number of rotatable bonds is 6. The van der Waals surface area contributed by atoms with E-state index in [0.717, 1.165) is 0 Å². The second-order valence-electron chi connectivity index (χ2n) is 5.52. The number of fused-ring (bicyclic) bond motifs is 1. The Balaban J connectivity index is 1.46. The molecule has 136 valence electrons. The van der Waals surface area contributed by atoms with Gasteiger partial charge in [0.2, 0.25) is 11.1 Å². The molecule has 0 saturated carbocycles. The van der Waals surface area contributed by atoms with Gasteiger partial charge >= 0.3 is 0 Å². The van der Waals surface area contributed by atoms with Gasteiger partial charge in [0, 0.05) is 11.8 Å². The fourth-order valence-corrected chi connectivity index (χ4v) is 3.13. The fraction of sp³-hybridized carbons (Fsp3) is 0.111. The first-order valence-corrected chi connectivity index (χ1v) is 9.04. The SMILES string of the molecule is COc1cccc(NC(=O)CSc2nnc3ccc(-c4ccco4)nn23)c1. The number of hydrogen-bond donors (Lipinski definition) is 1. The summed E-state index contributed by atoms with van der Waals surface area (Å²) < 4.78 is 12.1. The normalized spacial score (nSPS) is 10.9. The molecule has 3 aromatic heterocycles. The number of anilines is 1. The summed E-state index contributed by atoms with van der Waals surface area (Å²) in [4.78, 5) is 12.2. The first-order valence-electron chi connectivity index (χ1n) is 8.06. The highest BCUT2D eigenvalue weighted by Crippen LogP contribution is 2.22. The van der Waals surface area contributed by atoms with Gasteiger partial charge in [0.1, 0.15) is 11.4 Å². The van der Waals surface area contributed by atoms with E-state index in [1.807, 2.05) is 24.3 Å². The van der Waals surface area contributed by atoms with Crippen LogP contribution in [-0.4, -0.2) is 38.6 Å². The van der Waals surface area contributed by atoms with E-state index >= 15 is 0 Å². The summed E-state index contributed by atoms with van der Waals surface area (Å²) in [5, 5.41) is 16.0. The Morgan fingerprint density at radius 3 is 2.96 bits per heavy atom. The van der Waals surface area contributed by atoms with Crippen molar-refractivity contribution in [2.24, 2.45) is 0 Å². The molecule has 0 saturated heterocycles. The molecule has 27 heavy (non-hydrogen) atoms. The van der Waals surface area contributed by atoms with Crippen LogP contribution in [0.5, 0.6) is 5.75 Å². The lowest BCUT2D eigenvalue weighted by molar-refractivity contribution is -0.113. The zero-order valence-corrected chi connectivity index (χ0v) is 15.1. The molecule has 4 rings (SSSR count). The molecule has 0 fully saturated rings. The Kier molecular flexibility index (Phi) is 4.75. The molecular weight excluding hydrogens is 366 g/mol. The van der Waals surface area contributed by atoms with Crippen LogP contribution in [0.4, 0.5) is 5.69 Å². The Hall–Kier alpha value is -3.33. The molecule has 0 aliphatic rings. The Morgan fingerprint density at radius 1 is 1.22 bits per heavy atom. The zero-order valence-electron chi connectivity index (χ0n) is 14.3. The number of methoxy groups -OCH3 is 1. The maximum Gasteiger partial charge on any atom is 0.234 e. The highest BCUT2D eigenvalue weighted by Gasteiger charge is 2.12. The second kappa shape index (κ2) is 7.50. The minimum atomic E-state index is -0.160. The lowest BCUT2D eigenvalue weighted by Gasteiger charge is -2.06. The van der Waals surface area contributed by atoms with Gasteiger partial charge in [0.05, 0.1) is 19.1 Å². The first kappa shape index (κ1) is 17.1. The van der Waals surface area contributed by atoms with Crippen molar-refractivity contribution in [1.29, 1.82) is 0 Å². The molecule has 0 spiro atoms. The number of furan rings is 1. The third kappa shape index (κ3) is 3.77. The van der Waals surface area contributed by atoms with Gasteiger partial charge in [-0.3, -0.25) is 4.79 Å². The minimum Gasteiger partial charge on any atom is -0.497 e. The number of aromatic nitrogens is 4. The van der Waals surface area contributed by atoms with Gasteiger partial charge in [0.25, 0.3) is 0 Å². The third-order valence-corrected chi connectivity index (χ3v) is 4.61. The van der Waals surface area contributed by atoms with E-state index in [2.05, 4.69) is 20.6 Å². The molecule has 3 heterocycles. The average Bonchev–Trinajstić information content (AvgIpc) is 3.36. The molecule has 9 heteroatoms. The summed E-state index contributed by atoms with van der Waals surface area (Å²) >= 11 is 1.25. The van der Waals surface area contributed by atoms with Crippen LogP contribution < -0.4 is 10.1 Å². The number of nitrogens with one attached hydrogen (secondary N) is 1. The monoisotopic (exact) mass is 381 g/mol. The summed E-state index contributed by atoms with van der Waals surface area (Å²) in [5.41, 5.74) is 1.93. The van der Waals surface area contributed by atoms with Crippen LogP contribution in [0.15, 0.2) is 64.4 Å². The number of amides is 1. The molecule has 8 nitrogen and oxygen atoms in total. The van der Waals surface area contributed by atoms with E-state index in [9.17, 15) is 4.79 Å². The minimum absolute atomic E-state index is 0.160. The zero-order chi connectivity index (χ0) is 18.6. The number of benzene rings is 1. The van der Waals surface area contributed by atoms with Crippen molar-refractivity contribution in [3.8, 4) is 17.2 Å². The van der Waals surface area contributed by atoms with E-state index in [-0.39, 0.29) is 11.7 Å². The van der Waals surface area contributed by atoms with Crippen LogP contribution in [0.3, 0.4) is 0 Å². The van der Waals surface area contributed by atoms with Crippen molar-refractivity contribution in [2.75, 3.05) is 18.2 Å². The fourth-order valence-electron chi connectivity index (χ4n) is 2.44. The van der Waals surface area contributed by atoms with Crippen LogP contribution in [-0.2, 0) is 4.79 Å². The van der Waals surface area contributed by atoms with Crippen molar-refractivity contribution in [1.82, 2.24) is 19.8 Å². The third-order valence-electron chi connectivity index (χ3n) is 3.69. The molecule has 0 aliphatic carbocycles. The number of ether oxygens (including phenoxy) is 1. The molecule has 1 N–H and O–H groups in total.